The smallest absolute Gasteiger partial charge is 0.257 e. The average molecular weight is 404 g/mol. The number of aromatic nitrogens is 4. The van der Waals surface area contributed by atoms with E-state index in [9.17, 15) is 4.79 Å². The highest BCUT2D eigenvalue weighted by Gasteiger charge is 2.28. The summed E-state index contributed by atoms with van der Waals surface area (Å²) in [6.45, 7) is 1.48. The Morgan fingerprint density at radius 3 is 2.59 bits per heavy atom. The van der Waals surface area contributed by atoms with E-state index in [-0.39, 0.29) is 5.91 Å². The highest BCUT2D eigenvalue weighted by Crippen LogP contribution is 2.30. The molecular weight excluding hydrogens is 382 g/mol. The summed E-state index contributed by atoms with van der Waals surface area (Å²) >= 11 is 1.60. The third-order valence-electron chi connectivity index (χ3n) is 5.42. The fourth-order valence-corrected chi connectivity index (χ4v) is 4.58. The Morgan fingerprint density at radius 1 is 1.07 bits per heavy atom. The lowest BCUT2D eigenvalue weighted by molar-refractivity contribution is 0.0695. The molecule has 7 heteroatoms. The van der Waals surface area contributed by atoms with Crippen LogP contribution >= 0.6 is 11.3 Å². The number of hydrogen-bond donors (Lipinski definition) is 0. The van der Waals surface area contributed by atoms with Crippen LogP contribution in [0.15, 0.2) is 72.8 Å². The van der Waals surface area contributed by atoms with E-state index in [2.05, 4.69) is 9.55 Å². The Bertz CT molecular complexity index is 1080. The molecule has 0 N–H and O–H groups in total. The molecule has 4 heterocycles. The van der Waals surface area contributed by atoms with E-state index in [4.69, 9.17) is 5.10 Å². The highest BCUT2D eigenvalue weighted by molar-refractivity contribution is 7.13. The molecule has 29 heavy (non-hydrogen) atoms. The Balaban J connectivity index is 1.42. The van der Waals surface area contributed by atoms with Gasteiger partial charge in [-0.3, -0.25) is 4.79 Å². The van der Waals surface area contributed by atoms with Gasteiger partial charge in [-0.15, -0.1) is 11.3 Å². The van der Waals surface area contributed by atoms with Gasteiger partial charge in [-0.1, -0.05) is 24.3 Å². The van der Waals surface area contributed by atoms with Gasteiger partial charge >= 0.3 is 0 Å². The SMILES string of the molecule is O=C(c1cn(-c2ccccc2)nc1-c1cccs1)N1CCC(n2ccnc2)CC1. The van der Waals surface area contributed by atoms with Crippen LogP contribution in [0.4, 0.5) is 0 Å². The molecular formula is C22H21N5OS. The maximum absolute atomic E-state index is 13.4. The molecule has 1 aliphatic heterocycles. The maximum Gasteiger partial charge on any atom is 0.257 e. The van der Waals surface area contributed by atoms with E-state index in [1.165, 1.54) is 0 Å². The molecule has 0 bridgehead atoms. The largest absolute Gasteiger partial charge is 0.338 e. The van der Waals surface area contributed by atoms with Crippen molar-refractivity contribution in [1.82, 2.24) is 24.2 Å². The van der Waals surface area contributed by atoms with E-state index in [0.29, 0.717) is 11.6 Å². The van der Waals surface area contributed by atoms with Crippen LogP contribution in [0.1, 0.15) is 29.2 Å². The molecule has 0 radical (unpaired) electrons. The summed E-state index contributed by atoms with van der Waals surface area (Å²) in [7, 11) is 0. The molecule has 0 unspecified atom stereocenters. The quantitative estimate of drug-likeness (QED) is 0.511. The summed E-state index contributed by atoms with van der Waals surface area (Å²) in [5.74, 6) is 0.0552. The first kappa shape index (κ1) is 17.9. The van der Waals surface area contributed by atoms with Crippen molar-refractivity contribution in [1.29, 1.82) is 0 Å². The number of thiophene rings is 1. The molecule has 1 saturated heterocycles. The highest BCUT2D eigenvalue weighted by atomic mass is 32.1. The van der Waals surface area contributed by atoms with E-state index >= 15 is 0 Å². The second kappa shape index (κ2) is 7.67. The molecule has 3 aromatic heterocycles. The minimum Gasteiger partial charge on any atom is -0.338 e. The van der Waals surface area contributed by atoms with Gasteiger partial charge in [0.1, 0.15) is 5.69 Å². The molecule has 1 aromatic carbocycles. The predicted octanol–water partition coefficient (Wildman–Crippen LogP) is 4.27. The fourth-order valence-electron chi connectivity index (χ4n) is 3.86. The number of para-hydroxylation sites is 1. The number of carbonyl (C=O) groups excluding carboxylic acids is 1. The summed E-state index contributed by atoms with van der Waals surface area (Å²) in [4.78, 5) is 20.5. The van der Waals surface area contributed by atoms with E-state index < -0.39 is 0 Å². The van der Waals surface area contributed by atoms with Crippen molar-refractivity contribution in [2.75, 3.05) is 13.1 Å². The van der Waals surface area contributed by atoms with Crippen molar-refractivity contribution in [3.05, 3.63) is 78.3 Å². The number of hydrogen-bond acceptors (Lipinski definition) is 4. The maximum atomic E-state index is 13.4. The molecule has 5 rings (SSSR count). The second-order valence-electron chi connectivity index (χ2n) is 7.18. The molecule has 0 atom stereocenters. The first-order chi connectivity index (χ1) is 14.3. The van der Waals surface area contributed by atoms with Gasteiger partial charge < -0.3 is 9.47 Å². The van der Waals surface area contributed by atoms with Crippen LogP contribution in [0.2, 0.25) is 0 Å². The topological polar surface area (TPSA) is 56.0 Å². The van der Waals surface area contributed by atoms with Crippen LogP contribution < -0.4 is 0 Å². The zero-order chi connectivity index (χ0) is 19.6. The molecule has 0 spiro atoms. The first-order valence-electron chi connectivity index (χ1n) is 9.75. The van der Waals surface area contributed by atoms with Gasteiger partial charge in [0.2, 0.25) is 0 Å². The second-order valence-corrected chi connectivity index (χ2v) is 8.13. The predicted molar refractivity (Wildman–Crippen MR) is 113 cm³/mol. The van der Waals surface area contributed by atoms with Gasteiger partial charge in [-0.25, -0.2) is 9.67 Å². The summed E-state index contributed by atoms with van der Waals surface area (Å²) in [6, 6.07) is 14.3. The number of imidazole rings is 1. The third kappa shape index (κ3) is 3.49. The number of piperidine rings is 1. The van der Waals surface area contributed by atoms with Crippen LogP contribution in [-0.2, 0) is 0 Å². The molecule has 0 saturated carbocycles. The first-order valence-corrected chi connectivity index (χ1v) is 10.6. The van der Waals surface area contributed by atoms with Gasteiger partial charge in [0, 0.05) is 37.7 Å². The molecule has 1 aliphatic rings. The minimum absolute atomic E-state index is 0.0552. The van der Waals surface area contributed by atoms with Crippen LogP contribution in [0, 0.1) is 0 Å². The summed E-state index contributed by atoms with van der Waals surface area (Å²) < 4.78 is 3.95. The van der Waals surface area contributed by atoms with Gasteiger partial charge in [-0.2, -0.15) is 5.10 Å². The van der Waals surface area contributed by atoms with E-state index in [1.807, 2.05) is 77.7 Å². The van der Waals surface area contributed by atoms with Crippen molar-refractivity contribution >= 4 is 17.2 Å². The fraction of sp³-hybridized carbons (Fsp3) is 0.227. The third-order valence-corrected chi connectivity index (χ3v) is 6.29. The standard InChI is InChI=1S/C22H21N5OS/c28-22(25-11-8-17(9-12-25)26-13-10-23-16-26)19-15-27(18-5-2-1-3-6-18)24-21(19)20-7-4-14-29-20/h1-7,10,13-17H,8-9,11-12H2. The normalized spacial score (nSPS) is 15.0. The monoisotopic (exact) mass is 403 g/mol. The zero-order valence-corrected chi connectivity index (χ0v) is 16.7. The number of benzene rings is 1. The van der Waals surface area contributed by atoms with Crippen molar-refractivity contribution in [3.8, 4) is 16.3 Å². The van der Waals surface area contributed by atoms with Gasteiger partial charge in [-0.05, 0) is 36.4 Å². The summed E-state index contributed by atoms with van der Waals surface area (Å²) in [5.41, 5.74) is 2.37. The van der Waals surface area contributed by atoms with Crippen molar-refractivity contribution in [2.45, 2.75) is 18.9 Å². The van der Waals surface area contributed by atoms with Gasteiger partial charge in [0.25, 0.3) is 5.91 Å². The Kier molecular flexibility index (Phi) is 4.73. The van der Waals surface area contributed by atoms with Crippen LogP contribution in [0.3, 0.4) is 0 Å². The number of rotatable bonds is 4. The van der Waals surface area contributed by atoms with Crippen LogP contribution in [0.25, 0.3) is 16.3 Å². The van der Waals surface area contributed by atoms with E-state index in [1.54, 1.807) is 16.0 Å². The lowest BCUT2D eigenvalue weighted by Gasteiger charge is -2.32. The van der Waals surface area contributed by atoms with Crippen molar-refractivity contribution in [2.24, 2.45) is 0 Å². The molecule has 146 valence electrons. The van der Waals surface area contributed by atoms with Gasteiger partial charge in [0.05, 0.1) is 22.5 Å². The molecule has 4 aromatic rings. The summed E-state index contributed by atoms with van der Waals surface area (Å²) in [5, 5.41) is 6.78. The molecule has 1 fully saturated rings. The Morgan fingerprint density at radius 2 is 1.90 bits per heavy atom. The van der Waals surface area contributed by atoms with Crippen molar-refractivity contribution in [3.63, 3.8) is 0 Å². The van der Waals surface area contributed by atoms with Crippen LogP contribution in [-0.4, -0.2) is 43.2 Å². The lowest BCUT2D eigenvalue weighted by atomic mass is 10.0. The zero-order valence-electron chi connectivity index (χ0n) is 15.9. The lowest BCUT2D eigenvalue weighted by Crippen LogP contribution is -2.39. The van der Waals surface area contributed by atoms with E-state index in [0.717, 1.165) is 42.2 Å². The summed E-state index contributed by atoms with van der Waals surface area (Å²) in [6.07, 6.45) is 9.41. The number of amides is 1. The van der Waals surface area contributed by atoms with Crippen molar-refractivity contribution < 1.29 is 4.79 Å². The molecule has 1 amide bonds. The number of carbonyl (C=O) groups is 1. The molecule has 0 aliphatic carbocycles. The van der Waals surface area contributed by atoms with Crippen LogP contribution in [0.5, 0.6) is 0 Å². The molecule has 6 nitrogen and oxygen atoms in total. The minimum atomic E-state index is 0.0552. The van der Waals surface area contributed by atoms with Gasteiger partial charge in [0.15, 0.2) is 0 Å². The number of nitrogens with zero attached hydrogens (tertiary/aromatic N) is 5. The Hall–Kier alpha value is -3.19. The average Bonchev–Trinajstić information content (AvgIpc) is 3.55. The Labute approximate surface area is 173 Å². The number of likely N-dealkylation sites (tertiary alicyclic amines) is 1.